The molecular weight excluding hydrogens is 621 g/mol. The van der Waals surface area contributed by atoms with Gasteiger partial charge in [-0.3, -0.25) is 0 Å². The predicted octanol–water partition coefficient (Wildman–Crippen LogP) is 12.7. The number of hydrogen-bond acceptors (Lipinski definition) is 4. The van der Waals surface area contributed by atoms with Crippen molar-refractivity contribution in [1.82, 2.24) is 9.97 Å². The third-order valence-corrected chi connectivity index (χ3v) is 11.5. The Kier molecular flexibility index (Phi) is 6.39. The molecule has 0 spiro atoms. The molecule has 2 aromatic heterocycles. The topological polar surface area (TPSA) is 25.8 Å². The van der Waals surface area contributed by atoms with Gasteiger partial charge in [0.25, 0.3) is 0 Å². The molecular formula is C44H28N2S2. The Hall–Kier alpha value is -5.42. The fourth-order valence-corrected chi connectivity index (χ4v) is 8.93. The molecule has 7 aromatic carbocycles. The molecule has 2 heterocycles. The summed E-state index contributed by atoms with van der Waals surface area (Å²) in [6, 6.07) is 47.4. The van der Waals surface area contributed by atoms with Gasteiger partial charge in [-0.2, -0.15) is 0 Å². The minimum Gasteiger partial charge on any atom is -0.249 e. The average Bonchev–Trinajstić information content (AvgIpc) is 3.84. The number of fused-ring (bicyclic) bond motifs is 8. The highest BCUT2D eigenvalue weighted by atomic mass is 32.1. The van der Waals surface area contributed by atoms with E-state index < -0.39 is 0 Å². The summed E-state index contributed by atoms with van der Waals surface area (Å²) in [5, 5.41) is 7.72. The van der Waals surface area contributed by atoms with Crippen LogP contribution < -0.4 is 0 Å². The third kappa shape index (κ3) is 4.60. The second-order valence-electron chi connectivity index (χ2n) is 12.6. The molecule has 0 unspecified atom stereocenters. The van der Waals surface area contributed by atoms with Crippen LogP contribution in [0.4, 0.5) is 0 Å². The number of aromatic nitrogens is 2. The Morgan fingerprint density at radius 2 is 0.979 bits per heavy atom. The highest BCUT2D eigenvalue weighted by molar-refractivity contribution is 7.16. The predicted molar refractivity (Wildman–Crippen MR) is 207 cm³/mol. The van der Waals surface area contributed by atoms with Crippen LogP contribution in [0.2, 0.25) is 0 Å². The number of rotatable bonds is 4. The Morgan fingerprint density at radius 3 is 1.69 bits per heavy atom. The Morgan fingerprint density at radius 1 is 0.417 bits per heavy atom. The molecule has 0 bridgehead atoms. The number of thiazole rings is 2. The molecule has 0 fully saturated rings. The molecule has 1 aliphatic carbocycles. The minimum atomic E-state index is 1.01. The van der Waals surface area contributed by atoms with Crippen molar-refractivity contribution < 1.29 is 0 Å². The summed E-state index contributed by atoms with van der Waals surface area (Å²) in [5.41, 5.74) is 16.3. The number of benzene rings is 7. The van der Waals surface area contributed by atoms with Crippen LogP contribution in [-0.2, 0) is 6.42 Å². The van der Waals surface area contributed by atoms with Crippen molar-refractivity contribution in [3.8, 4) is 33.4 Å². The van der Waals surface area contributed by atoms with Crippen molar-refractivity contribution in [3.63, 3.8) is 0 Å². The monoisotopic (exact) mass is 648 g/mol. The maximum Gasteiger partial charge on any atom is 0.0812 e. The highest BCUT2D eigenvalue weighted by Crippen LogP contribution is 2.40. The number of nitrogens with zero attached hydrogens (tertiary/aromatic N) is 2. The summed E-state index contributed by atoms with van der Waals surface area (Å²) in [5.74, 6) is 0. The second kappa shape index (κ2) is 11.1. The molecule has 0 saturated heterocycles. The van der Waals surface area contributed by atoms with E-state index in [1.807, 2.05) is 11.0 Å². The van der Waals surface area contributed by atoms with Gasteiger partial charge < -0.3 is 0 Å². The van der Waals surface area contributed by atoms with Gasteiger partial charge in [0.05, 0.1) is 31.8 Å². The fourth-order valence-electron chi connectivity index (χ4n) is 7.42. The van der Waals surface area contributed by atoms with Crippen molar-refractivity contribution in [3.05, 3.63) is 155 Å². The molecule has 0 aliphatic heterocycles. The van der Waals surface area contributed by atoms with Crippen molar-refractivity contribution in [2.75, 3.05) is 0 Å². The van der Waals surface area contributed by atoms with Gasteiger partial charge >= 0.3 is 0 Å². The molecule has 48 heavy (non-hydrogen) atoms. The standard InChI is InChI=1S/C44H28N2S2/c1-2-10-36-35(9-1)39-21-31(27-5-3-7-29(19-27)33-13-17-41-43(23-33)47-25-45-41)11-15-37(39)38-16-12-32(22-40(36)38)28-6-4-8-30(20-28)34-14-18-42-44(24-34)48-26-46-42/h1-13,15-17,19-26H,14,18H2. The summed E-state index contributed by atoms with van der Waals surface area (Å²) < 4.78 is 1.22. The smallest absolute Gasteiger partial charge is 0.0812 e. The van der Waals surface area contributed by atoms with E-state index >= 15 is 0 Å². The zero-order valence-corrected chi connectivity index (χ0v) is 27.6. The van der Waals surface area contributed by atoms with Crippen molar-refractivity contribution in [2.45, 2.75) is 12.8 Å². The molecule has 0 amide bonds. The summed E-state index contributed by atoms with van der Waals surface area (Å²) in [6.07, 6.45) is 4.38. The molecule has 10 rings (SSSR count). The molecule has 0 saturated carbocycles. The highest BCUT2D eigenvalue weighted by Gasteiger charge is 2.16. The van der Waals surface area contributed by atoms with Crippen molar-refractivity contribution in [2.24, 2.45) is 0 Å². The minimum absolute atomic E-state index is 1.01. The van der Waals surface area contributed by atoms with Gasteiger partial charge in [0, 0.05) is 0 Å². The Labute approximate surface area is 286 Å². The largest absolute Gasteiger partial charge is 0.249 e. The van der Waals surface area contributed by atoms with E-state index in [1.165, 1.54) is 92.1 Å². The lowest BCUT2D eigenvalue weighted by molar-refractivity contribution is 0.959. The van der Waals surface area contributed by atoms with E-state index in [4.69, 9.17) is 0 Å². The molecule has 2 nitrogen and oxygen atoms in total. The van der Waals surface area contributed by atoms with Crippen LogP contribution in [0.25, 0.3) is 87.6 Å². The second-order valence-corrected chi connectivity index (χ2v) is 14.4. The van der Waals surface area contributed by atoms with Crippen LogP contribution in [0, 0.1) is 0 Å². The molecule has 0 atom stereocenters. The quantitative estimate of drug-likeness (QED) is 0.178. The molecule has 226 valence electrons. The van der Waals surface area contributed by atoms with E-state index in [9.17, 15) is 0 Å². The number of allylic oxidation sites excluding steroid dienone is 1. The number of aryl methyl sites for hydroxylation is 1. The Balaban J connectivity index is 1.07. The maximum atomic E-state index is 4.54. The van der Waals surface area contributed by atoms with E-state index in [0.717, 1.165) is 18.4 Å². The third-order valence-electron chi connectivity index (χ3n) is 9.87. The Bertz CT molecular complexity index is 2730. The van der Waals surface area contributed by atoms with Gasteiger partial charge in [-0.05, 0) is 132 Å². The zero-order valence-electron chi connectivity index (χ0n) is 26.0. The fraction of sp³-hybridized carbons (Fsp3) is 0.0455. The van der Waals surface area contributed by atoms with Gasteiger partial charge in [0.15, 0.2) is 0 Å². The van der Waals surface area contributed by atoms with E-state index in [0.29, 0.717) is 0 Å². The van der Waals surface area contributed by atoms with E-state index in [-0.39, 0.29) is 0 Å². The summed E-state index contributed by atoms with van der Waals surface area (Å²) in [4.78, 5) is 10.3. The maximum absolute atomic E-state index is 4.54. The SMILES string of the molecule is C1=C(c2cccc(-c3ccc4c5ccc(-c6cccc(-c7ccc8ncsc8c7)c6)cc5c5ccccc5c4c3)c2)CCc2ncsc21. The van der Waals surface area contributed by atoms with Crippen molar-refractivity contribution in [1.29, 1.82) is 0 Å². The van der Waals surface area contributed by atoms with Gasteiger partial charge in [0.1, 0.15) is 0 Å². The lowest BCUT2D eigenvalue weighted by Gasteiger charge is -2.15. The first-order valence-electron chi connectivity index (χ1n) is 16.3. The van der Waals surface area contributed by atoms with E-state index in [2.05, 4.69) is 143 Å². The first-order valence-corrected chi connectivity index (χ1v) is 18.1. The van der Waals surface area contributed by atoms with Gasteiger partial charge in [0.2, 0.25) is 0 Å². The normalized spacial score (nSPS) is 13.0. The lowest BCUT2D eigenvalue weighted by atomic mass is 9.89. The van der Waals surface area contributed by atoms with Crippen LogP contribution >= 0.6 is 22.7 Å². The van der Waals surface area contributed by atoms with Crippen LogP contribution in [0.15, 0.2) is 138 Å². The van der Waals surface area contributed by atoms with Crippen LogP contribution in [0.5, 0.6) is 0 Å². The lowest BCUT2D eigenvalue weighted by Crippen LogP contribution is -1.97. The van der Waals surface area contributed by atoms with E-state index in [1.54, 1.807) is 22.7 Å². The molecule has 9 aromatic rings. The summed E-state index contributed by atoms with van der Waals surface area (Å²) in [6.45, 7) is 0. The van der Waals surface area contributed by atoms with Crippen LogP contribution in [-0.4, -0.2) is 9.97 Å². The van der Waals surface area contributed by atoms with Gasteiger partial charge in [-0.15, -0.1) is 22.7 Å². The van der Waals surface area contributed by atoms with Gasteiger partial charge in [-0.1, -0.05) is 91.0 Å². The van der Waals surface area contributed by atoms with Crippen LogP contribution in [0.1, 0.15) is 22.6 Å². The van der Waals surface area contributed by atoms with Gasteiger partial charge in [-0.25, -0.2) is 9.97 Å². The first-order chi connectivity index (χ1) is 23.7. The molecule has 4 heteroatoms. The molecule has 0 N–H and O–H groups in total. The number of hydrogen-bond donors (Lipinski definition) is 0. The first kappa shape index (κ1) is 27.7. The zero-order chi connectivity index (χ0) is 31.6. The average molecular weight is 649 g/mol. The summed E-state index contributed by atoms with van der Waals surface area (Å²) in [7, 11) is 0. The van der Waals surface area contributed by atoms with Crippen LogP contribution in [0.3, 0.4) is 0 Å². The summed E-state index contributed by atoms with van der Waals surface area (Å²) >= 11 is 3.43. The van der Waals surface area contributed by atoms with Crippen molar-refractivity contribution >= 4 is 76.9 Å². The molecule has 1 aliphatic rings. The molecule has 0 radical (unpaired) electrons.